The topological polar surface area (TPSA) is 32.3 Å². The fraction of sp³-hybridized carbons (Fsp3) is 0.294. The molecule has 0 aliphatic carbocycles. The molecule has 0 aromatic heterocycles. The molecule has 0 saturated carbocycles. The molecule has 1 atom stereocenters. The molecule has 2 aromatic carbocycles. The predicted octanol–water partition coefficient (Wildman–Crippen LogP) is 3.62. The van der Waals surface area contributed by atoms with E-state index in [1.165, 1.54) is 11.1 Å². The van der Waals surface area contributed by atoms with Gasteiger partial charge in [0.05, 0.1) is 0 Å². The lowest BCUT2D eigenvalue weighted by Gasteiger charge is -2.25. The Kier molecular flexibility index (Phi) is 3.91. The highest BCUT2D eigenvalue weighted by atomic mass is 16.3. The summed E-state index contributed by atoms with van der Waals surface area (Å²) in [6.45, 7) is 6.50. The Hall–Kier alpha value is -1.80. The summed E-state index contributed by atoms with van der Waals surface area (Å²) >= 11 is 0. The number of nitrogens with one attached hydrogen (secondary N) is 1. The second-order valence-electron chi connectivity index (χ2n) is 5.29. The van der Waals surface area contributed by atoms with Crippen LogP contribution in [0, 0.1) is 13.8 Å². The van der Waals surface area contributed by atoms with Crippen molar-refractivity contribution < 1.29 is 5.11 Å². The number of anilines is 1. The Morgan fingerprint density at radius 2 is 1.68 bits per heavy atom. The van der Waals surface area contributed by atoms with E-state index in [9.17, 15) is 5.11 Å². The van der Waals surface area contributed by atoms with Gasteiger partial charge in [0, 0.05) is 12.2 Å². The number of hydrogen-bond acceptors (Lipinski definition) is 2. The molecular weight excluding hydrogens is 234 g/mol. The van der Waals surface area contributed by atoms with E-state index in [2.05, 4.69) is 31.3 Å². The number of aryl methyl sites for hydroxylation is 2. The molecule has 0 fully saturated rings. The largest absolute Gasteiger partial charge is 0.384 e. The highest BCUT2D eigenvalue weighted by molar-refractivity contribution is 5.48. The van der Waals surface area contributed by atoms with Crippen LogP contribution in [0.25, 0.3) is 0 Å². The van der Waals surface area contributed by atoms with Gasteiger partial charge in [-0.3, -0.25) is 0 Å². The van der Waals surface area contributed by atoms with E-state index in [-0.39, 0.29) is 0 Å². The highest BCUT2D eigenvalue weighted by Crippen LogP contribution is 2.22. The molecule has 0 spiro atoms. The first-order valence-corrected chi connectivity index (χ1v) is 6.58. The number of aliphatic hydroxyl groups is 1. The van der Waals surface area contributed by atoms with Crippen LogP contribution in [0.15, 0.2) is 48.5 Å². The first-order chi connectivity index (χ1) is 8.99. The van der Waals surface area contributed by atoms with Gasteiger partial charge in [0.2, 0.25) is 0 Å². The fourth-order valence-electron chi connectivity index (χ4n) is 2.02. The molecule has 0 saturated heterocycles. The average Bonchev–Trinajstić information content (AvgIpc) is 2.41. The van der Waals surface area contributed by atoms with Gasteiger partial charge in [-0.1, -0.05) is 36.4 Å². The maximum absolute atomic E-state index is 10.5. The summed E-state index contributed by atoms with van der Waals surface area (Å²) in [7, 11) is 0. The quantitative estimate of drug-likeness (QED) is 0.874. The lowest BCUT2D eigenvalue weighted by molar-refractivity contribution is 0.0715. The van der Waals surface area contributed by atoms with Gasteiger partial charge < -0.3 is 10.4 Å². The van der Waals surface area contributed by atoms with E-state index >= 15 is 0 Å². The van der Waals surface area contributed by atoms with Crippen LogP contribution in [0.2, 0.25) is 0 Å². The van der Waals surface area contributed by atoms with Crippen LogP contribution in [0.1, 0.15) is 23.6 Å². The van der Waals surface area contributed by atoms with E-state index in [1.54, 1.807) is 0 Å². The van der Waals surface area contributed by atoms with Gasteiger partial charge in [-0.2, -0.15) is 0 Å². The third kappa shape index (κ3) is 3.36. The van der Waals surface area contributed by atoms with Crippen molar-refractivity contribution in [2.45, 2.75) is 26.4 Å². The second-order valence-corrected chi connectivity index (χ2v) is 5.29. The van der Waals surface area contributed by atoms with Gasteiger partial charge in [-0.05, 0) is 49.6 Å². The Balaban J connectivity index is 2.07. The second kappa shape index (κ2) is 5.45. The third-order valence-corrected chi connectivity index (χ3v) is 3.54. The SMILES string of the molecule is Cc1ccc(NCC(C)(O)c2ccccc2)cc1C. The van der Waals surface area contributed by atoms with Crippen molar-refractivity contribution in [1.29, 1.82) is 0 Å². The van der Waals surface area contributed by atoms with E-state index in [1.807, 2.05) is 43.3 Å². The first-order valence-electron chi connectivity index (χ1n) is 6.58. The maximum atomic E-state index is 10.5. The summed E-state index contributed by atoms with van der Waals surface area (Å²) in [5.74, 6) is 0. The van der Waals surface area contributed by atoms with Gasteiger partial charge in [0.15, 0.2) is 0 Å². The molecule has 0 radical (unpaired) electrons. The summed E-state index contributed by atoms with van der Waals surface area (Å²) in [5, 5.41) is 13.8. The number of rotatable bonds is 4. The van der Waals surface area contributed by atoms with Crippen molar-refractivity contribution in [3.63, 3.8) is 0 Å². The molecule has 19 heavy (non-hydrogen) atoms. The van der Waals surface area contributed by atoms with Crippen LogP contribution in [0.5, 0.6) is 0 Å². The van der Waals surface area contributed by atoms with E-state index in [0.29, 0.717) is 6.54 Å². The van der Waals surface area contributed by atoms with E-state index < -0.39 is 5.60 Å². The normalized spacial score (nSPS) is 13.9. The minimum atomic E-state index is -0.875. The Morgan fingerprint density at radius 1 is 1.00 bits per heavy atom. The zero-order chi connectivity index (χ0) is 13.9. The highest BCUT2D eigenvalue weighted by Gasteiger charge is 2.22. The standard InChI is InChI=1S/C17H21NO/c1-13-9-10-16(11-14(13)2)18-12-17(3,19)15-7-5-4-6-8-15/h4-11,18-19H,12H2,1-3H3. The van der Waals surface area contributed by atoms with Gasteiger partial charge in [0.1, 0.15) is 5.60 Å². The summed E-state index contributed by atoms with van der Waals surface area (Å²) in [5.41, 5.74) is 3.62. The van der Waals surface area contributed by atoms with Crippen LogP contribution in [-0.4, -0.2) is 11.7 Å². The molecular formula is C17H21NO. The molecule has 2 rings (SSSR count). The van der Waals surface area contributed by atoms with Crippen LogP contribution in [0.3, 0.4) is 0 Å². The molecule has 0 amide bonds. The molecule has 100 valence electrons. The molecule has 0 heterocycles. The number of benzene rings is 2. The summed E-state index contributed by atoms with van der Waals surface area (Å²) in [6.07, 6.45) is 0. The van der Waals surface area contributed by atoms with Crippen LogP contribution >= 0.6 is 0 Å². The first kappa shape index (κ1) is 13.6. The lowest BCUT2D eigenvalue weighted by Crippen LogP contribution is -2.30. The van der Waals surface area contributed by atoms with Gasteiger partial charge in [0.25, 0.3) is 0 Å². The third-order valence-electron chi connectivity index (χ3n) is 3.54. The zero-order valence-electron chi connectivity index (χ0n) is 11.8. The lowest BCUT2D eigenvalue weighted by atomic mass is 9.96. The summed E-state index contributed by atoms with van der Waals surface area (Å²) in [6, 6.07) is 16.0. The van der Waals surface area contributed by atoms with Gasteiger partial charge in [-0.25, -0.2) is 0 Å². The zero-order valence-corrected chi connectivity index (χ0v) is 11.8. The predicted molar refractivity (Wildman–Crippen MR) is 80.4 cm³/mol. The van der Waals surface area contributed by atoms with Crippen molar-refractivity contribution in [2.75, 3.05) is 11.9 Å². The number of hydrogen-bond donors (Lipinski definition) is 2. The molecule has 0 bridgehead atoms. The molecule has 1 unspecified atom stereocenters. The molecule has 2 heteroatoms. The van der Waals surface area contributed by atoms with Crippen LogP contribution in [0.4, 0.5) is 5.69 Å². The Bertz CT molecular complexity index is 546. The minimum Gasteiger partial charge on any atom is -0.384 e. The van der Waals surface area contributed by atoms with Crippen molar-refractivity contribution in [3.05, 3.63) is 65.2 Å². The monoisotopic (exact) mass is 255 g/mol. The van der Waals surface area contributed by atoms with Crippen molar-refractivity contribution in [1.82, 2.24) is 0 Å². The van der Waals surface area contributed by atoms with Crippen molar-refractivity contribution in [3.8, 4) is 0 Å². The molecule has 0 aliphatic rings. The molecule has 0 aliphatic heterocycles. The van der Waals surface area contributed by atoms with E-state index in [0.717, 1.165) is 11.3 Å². The van der Waals surface area contributed by atoms with Crippen LogP contribution in [-0.2, 0) is 5.60 Å². The Morgan fingerprint density at radius 3 is 2.32 bits per heavy atom. The van der Waals surface area contributed by atoms with Crippen molar-refractivity contribution >= 4 is 5.69 Å². The fourth-order valence-corrected chi connectivity index (χ4v) is 2.02. The van der Waals surface area contributed by atoms with Gasteiger partial charge >= 0.3 is 0 Å². The molecule has 2 aromatic rings. The molecule has 2 nitrogen and oxygen atoms in total. The van der Waals surface area contributed by atoms with E-state index in [4.69, 9.17) is 0 Å². The van der Waals surface area contributed by atoms with Gasteiger partial charge in [-0.15, -0.1) is 0 Å². The maximum Gasteiger partial charge on any atom is 0.104 e. The van der Waals surface area contributed by atoms with Crippen molar-refractivity contribution in [2.24, 2.45) is 0 Å². The smallest absolute Gasteiger partial charge is 0.104 e. The summed E-state index contributed by atoms with van der Waals surface area (Å²) < 4.78 is 0. The molecule has 2 N–H and O–H groups in total. The average molecular weight is 255 g/mol. The van der Waals surface area contributed by atoms with Crippen LogP contribution < -0.4 is 5.32 Å². The Labute approximate surface area is 115 Å². The summed E-state index contributed by atoms with van der Waals surface area (Å²) in [4.78, 5) is 0. The minimum absolute atomic E-state index is 0.486.